The molecule has 0 aromatic heterocycles. The molecule has 1 aromatic carbocycles. The van der Waals surface area contributed by atoms with Gasteiger partial charge in [0.2, 0.25) is 17.7 Å². The molecule has 3 amide bonds. The number of carboxylic acid groups (broad SMARTS) is 1. The van der Waals surface area contributed by atoms with Crippen LogP contribution in [0.15, 0.2) is 30.3 Å². The minimum Gasteiger partial charge on any atom is -0.480 e. The van der Waals surface area contributed by atoms with Crippen LogP contribution in [0.1, 0.15) is 32.8 Å². The van der Waals surface area contributed by atoms with Crippen molar-refractivity contribution >= 4 is 23.7 Å². The van der Waals surface area contributed by atoms with Gasteiger partial charge in [0.25, 0.3) is 0 Å². The predicted molar refractivity (Wildman–Crippen MR) is 108 cm³/mol. The van der Waals surface area contributed by atoms with Gasteiger partial charge in [0.15, 0.2) is 0 Å². The van der Waals surface area contributed by atoms with Crippen molar-refractivity contribution in [1.82, 2.24) is 16.0 Å². The van der Waals surface area contributed by atoms with Gasteiger partial charge in [-0.1, -0.05) is 44.2 Å². The Morgan fingerprint density at radius 2 is 1.59 bits per heavy atom. The topological polar surface area (TPSA) is 151 Å². The summed E-state index contributed by atoms with van der Waals surface area (Å²) in [5.41, 5.74) is 6.23. The van der Waals surface area contributed by atoms with E-state index in [-0.39, 0.29) is 25.3 Å². The molecule has 0 bridgehead atoms. The lowest BCUT2D eigenvalue weighted by Gasteiger charge is -2.22. The standard InChI is InChI=1S/C20H30N4O5/c1-12(2)9-16(20(28)29)24-19(27)15(10-14-7-5-4-6-8-14)23-17(25)11-22-18(26)13(3)21/h4-8,12-13,15-16H,9-11,21H2,1-3H3,(H,22,26)(H,23,25)(H,24,27)(H,28,29)/t13-,15+,16-/m1/s1. The molecule has 0 radical (unpaired) electrons. The van der Waals surface area contributed by atoms with E-state index in [4.69, 9.17) is 5.73 Å². The van der Waals surface area contributed by atoms with Crippen LogP contribution in [-0.4, -0.2) is 53.5 Å². The van der Waals surface area contributed by atoms with Gasteiger partial charge in [-0.3, -0.25) is 14.4 Å². The molecule has 0 aliphatic rings. The molecule has 0 spiro atoms. The first-order valence-corrected chi connectivity index (χ1v) is 9.49. The van der Waals surface area contributed by atoms with Gasteiger partial charge in [0.05, 0.1) is 12.6 Å². The summed E-state index contributed by atoms with van der Waals surface area (Å²) in [6.07, 6.45) is 0.436. The maximum Gasteiger partial charge on any atom is 0.326 e. The maximum atomic E-state index is 12.7. The van der Waals surface area contributed by atoms with Crippen LogP contribution in [0.2, 0.25) is 0 Å². The molecule has 160 valence electrons. The number of rotatable bonds is 11. The number of amides is 3. The zero-order chi connectivity index (χ0) is 22.0. The summed E-state index contributed by atoms with van der Waals surface area (Å²) in [5.74, 6) is -2.75. The second-order valence-corrected chi connectivity index (χ2v) is 7.35. The van der Waals surface area contributed by atoms with E-state index in [0.29, 0.717) is 0 Å². The number of hydrogen-bond acceptors (Lipinski definition) is 5. The first-order chi connectivity index (χ1) is 13.6. The number of carbonyl (C=O) groups excluding carboxylic acids is 3. The molecule has 0 aliphatic heterocycles. The highest BCUT2D eigenvalue weighted by Gasteiger charge is 2.27. The number of nitrogens with two attached hydrogens (primary N) is 1. The van der Waals surface area contributed by atoms with E-state index in [9.17, 15) is 24.3 Å². The van der Waals surface area contributed by atoms with Gasteiger partial charge in [-0.05, 0) is 24.8 Å². The van der Waals surface area contributed by atoms with E-state index in [1.165, 1.54) is 6.92 Å². The van der Waals surface area contributed by atoms with Crippen LogP contribution in [0.4, 0.5) is 0 Å². The first-order valence-electron chi connectivity index (χ1n) is 9.49. The Hall–Kier alpha value is -2.94. The Kier molecular flexibility index (Phi) is 9.81. The van der Waals surface area contributed by atoms with Gasteiger partial charge < -0.3 is 26.8 Å². The van der Waals surface area contributed by atoms with Crippen molar-refractivity contribution < 1.29 is 24.3 Å². The second-order valence-electron chi connectivity index (χ2n) is 7.35. The van der Waals surface area contributed by atoms with Crippen molar-refractivity contribution in [1.29, 1.82) is 0 Å². The lowest BCUT2D eigenvalue weighted by molar-refractivity contribution is -0.142. The summed E-state index contributed by atoms with van der Waals surface area (Å²) >= 11 is 0. The minimum absolute atomic E-state index is 0.0621. The van der Waals surface area contributed by atoms with Crippen molar-refractivity contribution in [3.63, 3.8) is 0 Å². The third-order valence-electron chi connectivity index (χ3n) is 4.09. The lowest BCUT2D eigenvalue weighted by Crippen LogP contribution is -2.54. The summed E-state index contributed by atoms with van der Waals surface area (Å²) in [7, 11) is 0. The highest BCUT2D eigenvalue weighted by atomic mass is 16.4. The van der Waals surface area contributed by atoms with Crippen molar-refractivity contribution in [2.24, 2.45) is 11.7 Å². The quantitative estimate of drug-likeness (QED) is 0.343. The predicted octanol–water partition coefficient (Wildman–Crippen LogP) is -0.207. The van der Waals surface area contributed by atoms with E-state index < -0.39 is 41.8 Å². The van der Waals surface area contributed by atoms with Gasteiger partial charge >= 0.3 is 5.97 Å². The number of hydrogen-bond donors (Lipinski definition) is 5. The summed E-state index contributed by atoms with van der Waals surface area (Å²) in [6, 6.07) is 6.20. The van der Waals surface area contributed by atoms with Gasteiger partial charge in [-0.15, -0.1) is 0 Å². The number of nitrogens with one attached hydrogen (secondary N) is 3. The molecule has 3 atom stereocenters. The maximum absolute atomic E-state index is 12.7. The molecule has 0 aliphatic carbocycles. The number of carbonyl (C=O) groups is 4. The molecule has 0 unspecified atom stereocenters. The Balaban J connectivity index is 2.86. The van der Waals surface area contributed by atoms with Gasteiger partial charge in [-0.25, -0.2) is 4.79 Å². The molecule has 6 N–H and O–H groups in total. The number of carboxylic acids is 1. The molecule has 1 aromatic rings. The van der Waals surface area contributed by atoms with Crippen molar-refractivity contribution in [3.8, 4) is 0 Å². The number of aliphatic carboxylic acids is 1. The van der Waals surface area contributed by atoms with Crippen LogP contribution in [0, 0.1) is 5.92 Å². The van der Waals surface area contributed by atoms with Crippen LogP contribution in [0.25, 0.3) is 0 Å². The summed E-state index contributed by atoms with van der Waals surface area (Å²) in [4.78, 5) is 47.9. The molecule has 9 heteroatoms. The molecular formula is C20H30N4O5. The third kappa shape index (κ3) is 9.20. The van der Waals surface area contributed by atoms with E-state index in [1.54, 1.807) is 24.3 Å². The highest BCUT2D eigenvalue weighted by Crippen LogP contribution is 2.08. The molecular weight excluding hydrogens is 376 g/mol. The average Bonchev–Trinajstić information content (AvgIpc) is 2.65. The van der Waals surface area contributed by atoms with Crippen LogP contribution in [-0.2, 0) is 25.6 Å². The van der Waals surface area contributed by atoms with Gasteiger partial charge in [0, 0.05) is 6.42 Å². The van der Waals surface area contributed by atoms with E-state index in [2.05, 4.69) is 16.0 Å². The van der Waals surface area contributed by atoms with E-state index in [1.807, 2.05) is 19.9 Å². The Bertz CT molecular complexity index is 706. The zero-order valence-corrected chi connectivity index (χ0v) is 17.0. The summed E-state index contributed by atoms with van der Waals surface area (Å²) < 4.78 is 0. The van der Waals surface area contributed by atoms with Crippen LogP contribution in [0.3, 0.4) is 0 Å². The fourth-order valence-corrected chi connectivity index (χ4v) is 2.60. The monoisotopic (exact) mass is 406 g/mol. The lowest BCUT2D eigenvalue weighted by atomic mass is 10.0. The minimum atomic E-state index is -1.14. The van der Waals surface area contributed by atoms with E-state index >= 15 is 0 Å². The average molecular weight is 406 g/mol. The van der Waals surface area contributed by atoms with Crippen molar-refractivity contribution in [2.45, 2.75) is 51.7 Å². The summed E-state index contributed by atoms with van der Waals surface area (Å²) in [6.45, 7) is 4.85. The Labute approximate surface area is 170 Å². The van der Waals surface area contributed by atoms with Crippen LogP contribution < -0.4 is 21.7 Å². The van der Waals surface area contributed by atoms with Gasteiger partial charge in [-0.2, -0.15) is 0 Å². The number of benzene rings is 1. The third-order valence-corrected chi connectivity index (χ3v) is 4.09. The second kappa shape index (κ2) is 11.8. The smallest absolute Gasteiger partial charge is 0.326 e. The molecule has 0 saturated heterocycles. The van der Waals surface area contributed by atoms with Crippen molar-refractivity contribution in [2.75, 3.05) is 6.54 Å². The zero-order valence-electron chi connectivity index (χ0n) is 17.0. The molecule has 0 heterocycles. The normalized spacial score (nSPS) is 13.8. The van der Waals surface area contributed by atoms with E-state index in [0.717, 1.165) is 5.56 Å². The highest BCUT2D eigenvalue weighted by molar-refractivity contribution is 5.92. The van der Waals surface area contributed by atoms with Crippen LogP contribution in [0.5, 0.6) is 0 Å². The Morgan fingerprint density at radius 1 is 0.966 bits per heavy atom. The fraction of sp³-hybridized carbons (Fsp3) is 0.500. The fourth-order valence-electron chi connectivity index (χ4n) is 2.60. The molecule has 29 heavy (non-hydrogen) atoms. The largest absolute Gasteiger partial charge is 0.480 e. The molecule has 1 rings (SSSR count). The SMILES string of the molecule is CC(C)C[C@@H](NC(=O)[C@H](Cc1ccccc1)NC(=O)CNC(=O)[C@@H](C)N)C(=O)O. The van der Waals surface area contributed by atoms with Gasteiger partial charge in [0.1, 0.15) is 12.1 Å². The Morgan fingerprint density at radius 3 is 2.10 bits per heavy atom. The van der Waals surface area contributed by atoms with Crippen LogP contribution >= 0.6 is 0 Å². The molecule has 0 fully saturated rings. The van der Waals surface area contributed by atoms with Crippen molar-refractivity contribution in [3.05, 3.63) is 35.9 Å². The summed E-state index contributed by atoms with van der Waals surface area (Å²) in [5, 5.41) is 16.8. The molecule has 9 nitrogen and oxygen atoms in total. The first kappa shape index (κ1) is 24.1. The molecule has 0 saturated carbocycles.